The van der Waals surface area contributed by atoms with Crippen LogP contribution in [0.15, 0.2) is 54.6 Å². The molecule has 0 aliphatic rings. The fourth-order valence-corrected chi connectivity index (χ4v) is 2.05. The monoisotopic (exact) mass is 293 g/mol. The van der Waals surface area contributed by atoms with Crippen LogP contribution in [-0.4, -0.2) is 11.7 Å². The smallest absolute Gasteiger partial charge is 0.221 e. The summed E-state index contributed by atoms with van der Waals surface area (Å²) in [6, 6.07) is 15.0. The minimum atomic E-state index is -0.130. The standard InChI is InChI=1S/C19H19NO2/c1-3-15-4-6-16(7-5-15)8-13-19(22)17-9-11-18(12-10-17)20-14(2)21/h4-13H,3H2,1-2H3,(H,20,21). The van der Waals surface area contributed by atoms with E-state index < -0.39 is 0 Å². The summed E-state index contributed by atoms with van der Waals surface area (Å²) >= 11 is 0. The number of anilines is 1. The van der Waals surface area contributed by atoms with Crippen LogP contribution in [0.25, 0.3) is 6.08 Å². The Morgan fingerprint density at radius 1 is 1.00 bits per heavy atom. The van der Waals surface area contributed by atoms with Gasteiger partial charge in [0, 0.05) is 18.2 Å². The summed E-state index contributed by atoms with van der Waals surface area (Å²) in [5.41, 5.74) is 3.55. The van der Waals surface area contributed by atoms with Gasteiger partial charge in [0.1, 0.15) is 0 Å². The fraction of sp³-hybridized carbons (Fsp3) is 0.158. The largest absolute Gasteiger partial charge is 0.326 e. The quantitative estimate of drug-likeness (QED) is 0.666. The lowest BCUT2D eigenvalue weighted by atomic mass is 10.1. The molecule has 3 heteroatoms. The Labute approximate surface area is 130 Å². The predicted octanol–water partition coefficient (Wildman–Crippen LogP) is 4.10. The average Bonchev–Trinajstić information content (AvgIpc) is 2.53. The van der Waals surface area contributed by atoms with E-state index in [4.69, 9.17) is 0 Å². The van der Waals surface area contributed by atoms with Gasteiger partial charge < -0.3 is 5.32 Å². The normalized spacial score (nSPS) is 10.6. The van der Waals surface area contributed by atoms with Crippen LogP contribution < -0.4 is 5.32 Å². The second-order valence-corrected chi connectivity index (χ2v) is 5.05. The lowest BCUT2D eigenvalue weighted by molar-refractivity contribution is -0.114. The third-order valence-electron chi connectivity index (χ3n) is 3.30. The summed E-state index contributed by atoms with van der Waals surface area (Å²) in [5.74, 6) is -0.191. The van der Waals surface area contributed by atoms with Gasteiger partial charge in [-0.2, -0.15) is 0 Å². The maximum Gasteiger partial charge on any atom is 0.221 e. The molecule has 0 saturated carbocycles. The number of rotatable bonds is 5. The van der Waals surface area contributed by atoms with Gasteiger partial charge in [0.15, 0.2) is 5.78 Å². The number of allylic oxidation sites excluding steroid dienone is 1. The minimum Gasteiger partial charge on any atom is -0.326 e. The van der Waals surface area contributed by atoms with Gasteiger partial charge >= 0.3 is 0 Å². The Kier molecular flexibility index (Phi) is 5.26. The number of aryl methyl sites for hydroxylation is 1. The lowest BCUT2D eigenvalue weighted by Crippen LogP contribution is -2.05. The van der Waals surface area contributed by atoms with Gasteiger partial charge in [-0.15, -0.1) is 0 Å². The number of carbonyl (C=O) groups excluding carboxylic acids is 2. The highest BCUT2D eigenvalue weighted by Gasteiger charge is 2.02. The molecule has 3 nitrogen and oxygen atoms in total. The van der Waals surface area contributed by atoms with Crippen molar-refractivity contribution in [2.24, 2.45) is 0 Å². The average molecular weight is 293 g/mol. The number of benzene rings is 2. The second kappa shape index (κ2) is 7.36. The number of carbonyl (C=O) groups is 2. The lowest BCUT2D eigenvalue weighted by Gasteiger charge is -2.02. The van der Waals surface area contributed by atoms with Crippen LogP contribution in [0, 0.1) is 0 Å². The molecule has 0 aliphatic carbocycles. The van der Waals surface area contributed by atoms with E-state index in [1.807, 2.05) is 18.2 Å². The van der Waals surface area contributed by atoms with Crippen molar-refractivity contribution in [3.63, 3.8) is 0 Å². The number of hydrogen-bond acceptors (Lipinski definition) is 2. The molecule has 0 spiro atoms. The van der Waals surface area contributed by atoms with Crippen molar-refractivity contribution in [1.82, 2.24) is 0 Å². The van der Waals surface area contributed by atoms with E-state index in [0.717, 1.165) is 12.0 Å². The Hall–Kier alpha value is -2.68. The molecule has 22 heavy (non-hydrogen) atoms. The van der Waals surface area contributed by atoms with Gasteiger partial charge in [-0.05, 0) is 47.9 Å². The zero-order valence-corrected chi connectivity index (χ0v) is 12.8. The van der Waals surface area contributed by atoms with E-state index in [0.29, 0.717) is 11.3 Å². The molecule has 0 aliphatic heterocycles. The van der Waals surface area contributed by atoms with Crippen molar-refractivity contribution in [3.8, 4) is 0 Å². The number of amides is 1. The molecular formula is C19H19NO2. The van der Waals surface area contributed by atoms with Crippen LogP contribution in [-0.2, 0) is 11.2 Å². The molecule has 0 unspecified atom stereocenters. The van der Waals surface area contributed by atoms with Crippen molar-refractivity contribution in [2.75, 3.05) is 5.32 Å². The fourth-order valence-electron chi connectivity index (χ4n) is 2.05. The molecule has 0 aromatic heterocycles. The maximum absolute atomic E-state index is 12.1. The first kappa shape index (κ1) is 15.7. The van der Waals surface area contributed by atoms with Crippen molar-refractivity contribution < 1.29 is 9.59 Å². The van der Waals surface area contributed by atoms with Gasteiger partial charge in [0.05, 0.1) is 0 Å². The summed E-state index contributed by atoms with van der Waals surface area (Å²) in [4.78, 5) is 23.0. The van der Waals surface area contributed by atoms with Gasteiger partial charge in [-0.3, -0.25) is 9.59 Å². The van der Waals surface area contributed by atoms with Crippen molar-refractivity contribution in [2.45, 2.75) is 20.3 Å². The first-order valence-electron chi connectivity index (χ1n) is 7.27. The zero-order valence-electron chi connectivity index (χ0n) is 12.8. The summed E-state index contributed by atoms with van der Waals surface area (Å²) < 4.78 is 0. The minimum absolute atomic E-state index is 0.0612. The third kappa shape index (κ3) is 4.42. The molecule has 0 saturated heterocycles. The molecule has 1 amide bonds. The van der Waals surface area contributed by atoms with Crippen molar-refractivity contribution in [3.05, 3.63) is 71.3 Å². The van der Waals surface area contributed by atoms with Crippen LogP contribution in [0.1, 0.15) is 35.3 Å². The molecule has 0 atom stereocenters. The second-order valence-electron chi connectivity index (χ2n) is 5.05. The van der Waals surface area contributed by atoms with Gasteiger partial charge in [0.2, 0.25) is 5.91 Å². The first-order valence-corrected chi connectivity index (χ1v) is 7.27. The molecular weight excluding hydrogens is 274 g/mol. The highest BCUT2D eigenvalue weighted by Crippen LogP contribution is 2.12. The van der Waals surface area contributed by atoms with E-state index >= 15 is 0 Å². The van der Waals surface area contributed by atoms with Crippen molar-refractivity contribution in [1.29, 1.82) is 0 Å². The van der Waals surface area contributed by atoms with E-state index in [9.17, 15) is 9.59 Å². The summed E-state index contributed by atoms with van der Waals surface area (Å²) in [7, 11) is 0. The number of hydrogen-bond donors (Lipinski definition) is 1. The Morgan fingerprint density at radius 2 is 1.64 bits per heavy atom. The van der Waals surface area contributed by atoms with E-state index in [1.54, 1.807) is 30.3 Å². The van der Waals surface area contributed by atoms with Gasteiger partial charge in [-0.25, -0.2) is 0 Å². The molecule has 112 valence electrons. The van der Waals surface area contributed by atoms with Crippen LogP contribution in [0.2, 0.25) is 0 Å². The Bertz CT molecular complexity index is 682. The summed E-state index contributed by atoms with van der Waals surface area (Å²) in [5, 5.41) is 2.67. The predicted molar refractivity (Wildman–Crippen MR) is 89.9 cm³/mol. The summed E-state index contributed by atoms with van der Waals surface area (Å²) in [6.07, 6.45) is 4.38. The Balaban J connectivity index is 2.04. The number of ketones is 1. The zero-order chi connectivity index (χ0) is 15.9. The van der Waals surface area contributed by atoms with Crippen LogP contribution in [0.5, 0.6) is 0 Å². The van der Waals surface area contributed by atoms with E-state index in [2.05, 4.69) is 24.4 Å². The highest BCUT2D eigenvalue weighted by atomic mass is 16.1. The van der Waals surface area contributed by atoms with Crippen LogP contribution in [0.4, 0.5) is 5.69 Å². The maximum atomic E-state index is 12.1. The number of nitrogens with one attached hydrogen (secondary N) is 1. The van der Waals surface area contributed by atoms with E-state index in [-0.39, 0.29) is 11.7 Å². The first-order chi connectivity index (χ1) is 10.6. The Morgan fingerprint density at radius 3 is 2.18 bits per heavy atom. The third-order valence-corrected chi connectivity index (χ3v) is 3.30. The molecule has 0 heterocycles. The van der Waals surface area contributed by atoms with Gasteiger partial charge in [-0.1, -0.05) is 37.3 Å². The molecule has 2 aromatic carbocycles. The SMILES string of the molecule is CCc1ccc(C=CC(=O)c2ccc(NC(C)=O)cc2)cc1. The molecule has 0 radical (unpaired) electrons. The van der Waals surface area contributed by atoms with Crippen LogP contribution >= 0.6 is 0 Å². The molecule has 2 aromatic rings. The molecule has 1 N–H and O–H groups in total. The highest BCUT2D eigenvalue weighted by molar-refractivity contribution is 6.07. The molecule has 2 rings (SSSR count). The van der Waals surface area contributed by atoms with E-state index in [1.165, 1.54) is 12.5 Å². The molecule has 0 bridgehead atoms. The topological polar surface area (TPSA) is 46.2 Å². The van der Waals surface area contributed by atoms with Crippen LogP contribution in [0.3, 0.4) is 0 Å². The van der Waals surface area contributed by atoms with Gasteiger partial charge in [0.25, 0.3) is 0 Å². The summed E-state index contributed by atoms with van der Waals surface area (Å²) in [6.45, 7) is 3.56. The molecule has 0 fully saturated rings. The van der Waals surface area contributed by atoms with Crippen molar-refractivity contribution >= 4 is 23.5 Å².